The van der Waals surface area contributed by atoms with Crippen LogP contribution in [0.5, 0.6) is 0 Å². The van der Waals surface area contributed by atoms with Gasteiger partial charge in [0.1, 0.15) is 24.4 Å². The Kier molecular flexibility index (Phi) is 13.9. The van der Waals surface area contributed by atoms with Crippen LogP contribution in [0.1, 0.15) is 48.5 Å². The van der Waals surface area contributed by atoms with E-state index in [1.165, 1.54) is 6.92 Å². The summed E-state index contributed by atoms with van der Waals surface area (Å²) in [5, 5.41) is 2.43. The van der Waals surface area contributed by atoms with Crippen LogP contribution in [0.15, 0.2) is 0 Å². The molecule has 16 heteroatoms. The van der Waals surface area contributed by atoms with Crippen molar-refractivity contribution < 1.29 is 61.9 Å². The van der Waals surface area contributed by atoms with Crippen LogP contribution in [0.4, 0.5) is 4.79 Å². The Morgan fingerprint density at radius 3 is 1.87 bits per heavy atom. The molecule has 0 aliphatic carbocycles. The van der Waals surface area contributed by atoms with Gasteiger partial charge in [-0.3, -0.25) is 19.2 Å². The second-order valence-electron chi connectivity index (χ2n) is 9.17. The van der Waals surface area contributed by atoms with Crippen LogP contribution < -0.4 is 5.32 Å². The Morgan fingerprint density at radius 1 is 0.846 bits per heavy atom. The van der Waals surface area contributed by atoms with Crippen LogP contribution in [-0.2, 0) is 57.1 Å². The predicted molar refractivity (Wildman–Crippen MR) is 137 cm³/mol. The molecule has 1 aliphatic rings. The van der Waals surface area contributed by atoms with Gasteiger partial charge >= 0.3 is 35.9 Å². The third-order valence-electron chi connectivity index (χ3n) is 4.52. The number of hydrogen-bond donors (Lipinski definition) is 1. The molecule has 39 heavy (non-hydrogen) atoms. The Labute approximate surface area is 234 Å². The minimum atomic E-state index is -1.32. The fraction of sp³-hybridized carbons (Fsp3) is 0.739. The summed E-state index contributed by atoms with van der Waals surface area (Å²) in [5.41, 5.74) is -1.86. The zero-order valence-electron chi connectivity index (χ0n) is 23.0. The van der Waals surface area contributed by atoms with E-state index in [1.807, 2.05) is 0 Å². The first-order valence-corrected chi connectivity index (χ1v) is 14.1. The number of amides is 1. The van der Waals surface area contributed by atoms with E-state index >= 15 is 0 Å². The summed E-state index contributed by atoms with van der Waals surface area (Å²) in [7, 11) is 3.17. The topological polar surface area (TPSA) is 179 Å². The van der Waals surface area contributed by atoms with E-state index in [9.17, 15) is 28.8 Å². The van der Waals surface area contributed by atoms with Gasteiger partial charge in [-0.25, -0.2) is 9.59 Å². The minimum Gasteiger partial charge on any atom is -0.467 e. The molecule has 0 aromatic rings. The zero-order valence-corrected chi connectivity index (χ0v) is 24.6. The molecular weight excluding hydrogens is 562 g/mol. The summed E-state index contributed by atoms with van der Waals surface area (Å²) in [6, 6.07) is -1.12. The average Bonchev–Trinajstić information content (AvgIpc) is 2.78. The van der Waals surface area contributed by atoms with Crippen molar-refractivity contribution in [3.8, 4) is 0 Å². The summed E-state index contributed by atoms with van der Waals surface area (Å²) in [4.78, 5) is 71.6. The largest absolute Gasteiger partial charge is 0.467 e. The number of carbonyl (C=O) groups excluding carboxylic acids is 6. The lowest BCUT2D eigenvalue weighted by molar-refractivity contribution is -0.237. The quantitative estimate of drug-likeness (QED) is 0.206. The van der Waals surface area contributed by atoms with E-state index < -0.39 is 77.4 Å². The van der Waals surface area contributed by atoms with E-state index in [0.717, 1.165) is 49.5 Å². The first kappa shape index (κ1) is 34.3. The fourth-order valence-corrected chi connectivity index (χ4v) is 5.79. The summed E-state index contributed by atoms with van der Waals surface area (Å²) in [6.07, 6.45) is -5.82. The summed E-state index contributed by atoms with van der Waals surface area (Å²) < 4.78 is 37.1. The van der Waals surface area contributed by atoms with Crippen LogP contribution in [0.3, 0.4) is 0 Å². The number of alkyl carbamates (subject to hydrolysis) is 1. The van der Waals surface area contributed by atoms with Crippen molar-refractivity contribution in [1.82, 2.24) is 5.32 Å². The van der Waals surface area contributed by atoms with Crippen LogP contribution in [0.25, 0.3) is 0 Å². The normalized spacial score (nSPS) is 23.4. The second kappa shape index (κ2) is 15.8. The van der Waals surface area contributed by atoms with Crippen molar-refractivity contribution in [1.29, 1.82) is 0 Å². The summed E-state index contributed by atoms with van der Waals surface area (Å²) in [5.74, 6) is -3.66. The molecule has 1 fully saturated rings. The maximum atomic E-state index is 12.3. The van der Waals surface area contributed by atoms with Gasteiger partial charge in [-0.2, -0.15) is 0 Å². The monoisotopic (exact) mass is 597 g/mol. The van der Waals surface area contributed by atoms with Crippen molar-refractivity contribution in [2.45, 2.75) is 90.0 Å². The molecule has 1 aliphatic heterocycles. The van der Waals surface area contributed by atoms with Gasteiger partial charge in [-0.1, -0.05) is 21.6 Å². The van der Waals surface area contributed by atoms with E-state index in [2.05, 4.69) is 5.32 Å². The number of ether oxygens (including phenoxy) is 7. The molecule has 6 atom stereocenters. The first-order valence-electron chi connectivity index (χ1n) is 11.7. The standard InChI is InChI=1S/C23H35NO13S2/c1-11(25)32-9-16-17(33-12(2)26)18(34-13(3)27)19(35-14(4)28)21(36-16)39-38-10-15(20(29)31-8)24-22(30)37-23(5,6)7/h15-19,21H,9-10H2,1-8H3,(H,24,30)/t15-,16+,17+,18-,19+,21-/m0/s1. The lowest BCUT2D eigenvalue weighted by atomic mass is 9.99. The highest BCUT2D eigenvalue weighted by molar-refractivity contribution is 8.76. The van der Waals surface area contributed by atoms with Crippen molar-refractivity contribution in [2.75, 3.05) is 19.5 Å². The summed E-state index contributed by atoms with van der Waals surface area (Å²) in [6.45, 7) is 9.15. The van der Waals surface area contributed by atoms with Gasteiger partial charge in [0.2, 0.25) is 0 Å². The van der Waals surface area contributed by atoms with Crippen LogP contribution >= 0.6 is 21.6 Å². The number of nitrogens with one attached hydrogen (secondary N) is 1. The maximum absolute atomic E-state index is 12.3. The highest BCUT2D eigenvalue weighted by atomic mass is 33.1. The van der Waals surface area contributed by atoms with Gasteiger partial charge < -0.3 is 38.5 Å². The number of rotatable bonds is 11. The van der Waals surface area contributed by atoms with Crippen molar-refractivity contribution in [2.24, 2.45) is 0 Å². The molecule has 1 rings (SSSR count). The molecular formula is C23H35NO13S2. The number of hydrogen-bond acceptors (Lipinski definition) is 15. The van der Waals surface area contributed by atoms with E-state index in [0.29, 0.717) is 0 Å². The number of methoxy groups -OCH3 is 1. The Balaban J connectivity index is 3.19. The highest BCUT2D eigenvalue weighted by Crippen LogP contribution is 2.39. The fourth-order valence-electron chi connectivity index (χ4n) is 3.20. The molecule has 1 N–H and O–H groups in total. The maximum Gasteiger partial charge on any atom is 0.408 e. The number of esters is 5. The first-order chi connectivity index (χ1) is 18.0. The van der Waals surface area contributed by atoms with Gasteiger partial charge in [-0.05, 0) is 20.8 Å². The molecule has 0 radical (unpaired) electrons. The van der Waals surface area contributed by atoms with Crippen LogP contribution in [0.2, 0.25) is 0 Å². The van der Waals surface area contributed by atoms with Crippen LogP contribution in [0, 0.1) is 0 Å². The lowest BCUT2D eigenvalue weighted by Crippen LogP contribution is -2.61. The minimum absolute atomic E-state index is 0.0382. The molecule has 1 amide bonds. The van der Waals surface area contributed by atoms with Crippen molar-refractivity contribution in [3.63, 3.8) is 0 Å². The van der Waals surface area contributed by atoms with Crippen LogP contribution in [-0.4, -0.2) is 96.9 Å². The van der Waals surface area contributed by atoms with E-state index in [-0.39, 0.29) is 12.4 Å². The van der Waals surface area contributed by atoms with Crippen molar-refractivity contribution in [3.05, 3.63) is 0 Å². The molecule has 0 saturated carbocycles. The van der Waals surface area contributed by atoms with Gasteiger partial charge in [0.15, 0.2) is 23.7 Å². The molecule has 1 heterocycles. The Bertz CT molecular complexity index is 907. The van der Waals surface area contributed by atoms with E-state index in [1.54, 1.807) is 20.8 Å². The third-order valence-corrected chi connectivity index (χ3v) is 7.08. The van der Waals surface area contributed by atoms with Gasteiger partial charge in [-0.15, -0.1) is 0 Å². The molecule has 0 aromatic heterocycles. The SMILES string of the molecule is COC(=O)[C@H](CSS[C@@H]1O[C@H](COC(C)=O)[C@@H](OC(C)=O)[C@H](OC(C)=O)[C@H]1OC(C)=O)NC(=O)OC(C)(C)C. The third kappa shape index (κ3) is 12.8. The predicted octanol–water partition coefficient (Wildman–Crippen LogP) is 1.52. The molecule has 14 nitrogen and oxygen atoms in total. The Morgan fingerprint density at radius 2 is 1.38 bits per heavy atom. The van der Waals surface area contributed by atoms with Gasteiger partial charge in [0.05, 0.1) is 7.11 Å². The molecule has 0 unspecified atom stereocenters. The van der Waals surface area contributed by atoms with E-state index in [4.69, 9.17) is 33.2 Å². The van der Waals surface area contributed by atoms with Crippen molar-refractivity contribution >= 4 is 57.5 Å². The van der Waals surface area contributed by atoms with Gasteiger partial charge in [0, 0.05) is 33.4 Å². The lowest BCUT2D eigenvalue weighted by Gasteiger charge is -2.44. The Hall–Kier alpha value is -2.72. The van der Waals surface area contributed by atoms with Gasteiger partial charge in [0.25, 0.3) is 0 Å². The molecule has 0 aromatic carbocycles. The highest BCUT2D eigenvalue weighted by Gasteiger charge is 2.52. The molecule has 1 saturated heterocycles. The average molecular weight is 598 g/mol. The zero-order chi connectivity index (χ0) is 29.9. The summed E-state index contributed by atoms with van der Waals surface area (Å²) >= 11 is 0. The number of carbonyl (C=O) groups is 6. The smallest absolute Gasteiger partial charge is 0.408 e. The second-order valence-corrected chi connectivity index (χ2v) is 11.7. The molecule has 0 bridgehead atoms. The molecule has 222 valence electrons. The molecule has 0 spiro atoms.